The molecule has 2 N–H and O–H groups in total. The average Bonchev–Trinajstić information content (AvgIpc) is 2.50. The smallest absolute Gasteiger partial charge is 0.258 e. The molecule has 2 amide bonds. The molecule has 1 aromatic carbocycles. The summed E-state index contributed by atoms with van der Waals surface area (Å²) in [6.45, 7) is 3.96. The predicted octanol–water partition coefficient (Wildman–Crippen LogP) is 0.909. The number of hydrogen-bond acceptors (Lipinski definition) is 4. The normalized spacial score (nSPS) is 11.3. The molecule has 0 saturated carbocycles. The summed E-state index contributed by atoms with van der Waals surface area (Å²) in [6.07, 6.45) is 1.57. The van der Waals surface area contributed by atoms with Crippen molar-refractivity contribution >= 4 is 18.1 Å². The van der Waals surface area contributed by atoms with Crippen molar-refractivity contribution in [2.24, 2.45) is 0 Å². The maximum Gasteiger partial charge on any atom is 0.258 e. The highest BCUT2D eigenvalue weighted by molar-refractivity contribution is 5.87. The van der Waals surface area contributed by atoms with Crippen molar-refractivity contribution in [1.82, 2.24) is 10.6 Å². The molecule has 21 heavy (non-hydrogen) atoms. The zero-order valence-electron chi connectivity index (χ0n) is 12.2. The Bertz CT molecular complexity index is 485. The van der Waals surface area contributed by atoms with Crippen molar-refractivity contribution in [2.75, 3.05) is 13.2 Å². The van der Waals surface area contributed by atoms with E-state index in [1.165, 1.54) is 0 Å². The zero-order chi connectivity index (χ0) is 15.7. The van der Waals surface area contributed by atoms with E-state index in [1.807, 2.05) is 6.92 Å². The number of aldehydes is 1. The van der Waals surface area contributed by atoms with E-state index in [0.717, 1.165) is 12.7 Å². The summed E-state index contributed by atoms with van der Waals surface area (Å²) >= 11 is 0. The number of ether oxygens (including phenoxy) is 1. The molecule has 1 aromatic rings. The van der Waals surface area contributed by atoms with E-state index in [2.05, 4.69) is 10.6 Å². The minimum Gasteiger partial charge on any atom is -0.484 e. The van der Waals surface area contributed by atoms with Crippen LogP contribution in [0.5, 0.6) is 5.75 Å². The Labute approximate surface area is 123 Å². The van der Waals surface area contributed by atoms with Gasteiger partial charge in [0, 0.05) is 12.1 Å². The molecule has 0 aliphatic rings. The molecule has 0 spiro atoms. The quantitative estimate of drug-likeness (QED) is 0.697. The molecule has 0 aliphatic heterocycles. The first kappa shape index (κ1) is 16.7. The van der Waals surface area contributed by atoms with Crippen LogP contribution in [-0.4, -0.2) is 37.3 Å². The van der Waals surface area contributed by atoms with Gasteiger partial charge in [0.2, 0.25) is 5.91 Å². The highest BCUT2D eigenvalue weighted by Crippen LogP contribution is 2.10. The fourth-order valence-electron chi connectivity index (χ4n) is 1.54. The third-order valence-electron chi connectivity index (χ3n) is 2.71. The molecule has 0 saturated heterocycles. The summed E-state index contributed by atoms with van der Waals surface area (Å²) < 4.78 is 5.27. The third-order valence-corrected chi connectivity index (χ3v) is 2.71. The molecule has 0 heterocycles. The second-order valence-corrected chi connectivity index (χ2v) is 4.56. The number of benzene rings is 1. The first-order valence-electron chi connectivity index (χ1n) is 6.82. The number of hydrogen-bond donors (Lipinski definition) is 2. The van der Waals surface area contributed by atoms with Crippen LogP contribution in [0, 0.1) is 0 Å². The van der Waals surface area contributed by atoms with Gasteiger partial charge < -0.3 is 15.4 Å². The monoisotopic (exact) mass is 292 g/mol. The Balaban J connectivity index is 2.35. The largest absolute Gasteiger partial charge is 0.484 e. The van der Waals surface area contributed by atoms with Crippen LogP contribution < -0.4 is 15.4 Å². The average molecular weight is 292 g/mol. The molecule has 0 fully saturated rings. The highest BCUT2D eigenvalue weighted by atomic mass is 16.5. The van der Waals surface area contributed by atoms with E-state index in [0.29, 0.717) is 17.9 Å². The molecular weight excluding hydrogens is 272 g/mol. The van der Waals surface area contributed by atoms with Crippen molar-refractivity contribution in [3.63, 3.8) is 0 Å². The topological polar surface area (TPSA) is 84.5 Å². The number of carbonyl (C=O) groups is 3. The first-order valence-corrected chi connectivity index (χ1v) is 6.82. The van der Waals surface area contributed by atoms with Crippen molar-refractivity contribution in [3.8, 4) is 5.75 Å². The van der Waals surface area contributed by atoms with Gasteiger partial charge in [0.25, 0.3) is 5.91 Å². The van der Waals surface area contributed by atoms with E-state index in [-0.39, 0.29) is 18.4 Å². The molecule has 114 valence electrons. The van der Waals surface area contributed by atoms with E-state index in [4.69, 9.17) is 4.74 Å². The second-order valence-electron chi connectivity index (χ2n) is 4.56. The van der Waals surface area contributed by atoms with Crippen LogP contribution >= 0.6 is 0 Å². The summed E-state index contributed by atoms with van der Waals surface area (Å²) in [6, 6.07) is 5.80. The summed E-state index contributed by atoms with van der Waals surface area (Å²) in [7, 11) is 0. The van der Waals surface area contributed by atoms with Crippen molar-refractivity contribution in [1.29, 1.82) is 0 Å². The van der Waals surface area contributed by atoms with E-state index in [9.17, 15) is 14.4 Å². The fourth-order valence-corrected chi connectivity index (χ4v) is 1.54. The number of rotatable bonds is 8. The van der Waals surface area contributed by atoms with Gasteiger partial charge in [-0.05, 0) is 37.6 Å². The SMILES string of the molecule is CCCNC(=O)C(C)NC(=O)COc1ccc(C=O)cc1. The lowest BCUT2D eigenvalue weighted by Gasteiger charge is -2.14. The summed E-state index contributed by atoms with van der Waals surface area (Å²) in [5.74, 6) is -0.118. The summed E-state index contributed by atoms with van der Waals surface area (Å²) in [4.78, 5) is 33.7. The van der Waals surface area contributed by atoms with Gasteiger partial charge >= 0.3 is 0 Å². The van der Waals surface area contributed by atoms with Gasteiger partial charge in [-0.25, -0.2) is 0 Å². The van der Waals surface area contributed by atoms with Crippen LogP contribution in [0.4, 0.5) is 0 Å². The van der Waals surface area contributed by atoms with Gasteiger partial charge in [-0.1, -0.05) is 6.92 Å². The minimum absolute atomic E-state index is 0.189. The highest BCUT2D eigenvalue weighted by Gasteiger charge is 2.14. The van der Waals surface area contributed by atoms with Crippen LogP contribution in [0.25, 0.3) is 0 Å². The lowest BCUT2D eigenvalue weighted by atomic mass is 10.2. The summed E-state index contributed by atoms with van der Waals surface area (Å²) in [5.41, 5.74) is 0.535. The van der Waals surface area contributed by atoms with Crippen molar-refractivity contribution < 1.29 is 19.1 Å². The maximum absolute atomic E-state index is 11.7. The van der Waals surface area contributed by atoms with Gasteiger partial charge in [-0.15, -0.1) is 0 Å². The summed E-state index contributed by atoms with van der Waals surface area (Å²) in [5, 5.41) is 5.25. The van der Waals surface area contributed by atoms with Crippen LogP contribution in [0.15, 0.2) is 24.3 Å². The Morgan fingerprint density at radius 2 is 1.95 bits per heavy atom. The molecule has 0 bridgehead atoms. The maximum atomic E-state index is 11.7. The third kappa shape index (κ3) is 6.07. The minimum atomic E-state index is -0.606. The van der Waals surface area contributed by atoms with E-state index < -0.39 is 6.04 Å². The molecule has 0 aliphatic carbocycles. The Morgan fingerprint density at radius 3 is 2.52 bits per heavy atom. The fraction of sp³-hybridized carbons (Fsp3) is 0.400. The van der Waals surface area contributed by atoms with E-state index in [1.54, 1.807) is 31.2 Å². The second kappa shape index (κ2) is 8.73. The molecule has 0 radical (unpaired) electrons. The van der Waals surface area contributed by atoms with Crippen molar-refractivity contribution in [3.05, 3.63) is 29.8 Å². The van der Waals surface area contributed by atoms with Crippen LogP contribution in [0.2, 0.25) is 0 Å². The van der Waals surface area contributed by atoms with Crippen LogP contribution in [-0.2, 0) is 9.59 Å². The molecule has 1 rings (SSSR count). The molecule has 1 atom stereocenters. The lowest BCUT2D eigenvalue weighted by molar-refractivity contribution is -0.129. The molecule has 6 heteroatoms. The van der Waals surface area contributed by atoms with Crippen LogP contribution in [0.1, 0.15) is 30.6 Å². The molecule has 0 aromatic heterocycles. The standard InChI is InChI=1S/C15H20N2O4/c1-3-8-16-15(20)11(2)17-14(19)10-21-13-6-4-12(9-18)5-7-13/h4-7,9,11H,3,8,10H2,1-2H3,(H,16,20)(H,17,19). The lowest BCUT2D eigenvalue weighted by Crippen LogP contribution is -2.46. The number of carbonyl (C=O) groups excluding carboxylic acids is 3. The van der Waals surface area contributed by atoms with Gasteiger partial charge in [-0.3, -0.25) is 14.4 Å². The molecular formula is C15H20N2O4. The number of nitrogens with one attached hydrogen (secondary N) is 2. The molecule has 6 nitrogen and oxygen atoms in total. The zero-order valence-corrected chi connectivity index (χ0v) is 12.2. The van der Waals surface area contributed by atoms with Gasteiger partial charge in [0.05, 0.1) is 0 Å². The van der Waals surface area contributed by atoms with Gasteiger partial charge in [-0.2, -0.15) is 0 Å². The number of amides is 2. The van der Waals surface area contributed by atoms with Crippen LogP contribution in [0.3, 0.4) is 0 Å². The first-order chi connectivity index (χ1) is 10.1. The van der Waals surface area contributed by atoms with Crippen molar-refractivity contribution in [2.45, 2.75) is 26.3 Å². The Morgan fingerprint density at radius 1 is 1.29 bits per heavy atom. The van der Waals surface area contributed by atoms with Gasteiger partial charge in [0.1, 0.15) is 18.1 Å². The Hall–Kier alpha value is -2.37. The van der Waals surface area contributed by atoms with Gasteiger partial charge in [0.15, 0.2) is 6.61 Å². The molecule has 1 unspecified atom stereocenters. The van der Waals surface area contributed by atoms with E-state index >= 15 is 0 Å². The Kier molecular flexibility index (Phi) is 6.94. The predicted molar refractivity (Wildman–Crippen MR) is 78.2 cm³/mol.